The lowest BCUT2D eigenvalue weighted by Crippen LogP contribution is -2.54. The van der Waals surface area contributed by atoms with Gasteiger partial charge in [0.05, 0.1) is 47.1 Å². The van der Waals surface area contributed by atoms with Crippen molar-refractivity contribution in [3.63, 3.8) is 0 Å². The zero-order valence-electron chi connectivity index (χ0n) is 36.2. The number of piperidine rings is 1. The normalized spacial score (nSPS) is 22.8. The summed E-state index contributed by atoms with van der Waals surface area (Å²) in [6.45, 7) is 5.90. The molecule has 21 heteroatoms. The second-order valence-corrected chi connectivity index (χ2v) is 17.5. The molecular weight excluding hydrogens is 851 g/mol. The number of nitrogens with one attached hydrogen (secondary N) is 2. The maximum absolute atomic E-state index is 14.3. The number of piperazine rings is 2. The average molecular weight is 902 g/mol. The summed E-state index contributed by atoms with van der Waals surface area (Å²) in [6, 6.07) is 5.29. The number of para-hydroxylation sites is 1. The van der Waals surface area contributed by atoms with Crippen LogP contribution in [-0.2, 0) is 16.6 Å². The maximum atomic E-state index is 14.3. The van der Waals surface area contributed by atoms with E-state index in [1.54, 1.807) is 46.9 Å². The van der Waals surface area contributed by atoms with Crippen molar-refractivity contribution in [3.8, 4) is 11.8 Å². The molecule has 1 aromatic carbocycles. The monoisotopic (exact) mass is 901 g/mol. The van der Waals surface area contributed by atoms with Crippen molar-refractivity contribution in [3.05, 3.63) is 70.2 Å². The molecular formula is C44H51F4N13O4. The molecule has 0 radical (unpaired) electrons. The topological polar surface area (TPSA) is 163 Å². The van der Waals surface area contributed by atoms with E-state index in [1.807, 2.05) is 12.1 Å². The Morgan fingerprint density at radius 2 is 1.72 bits per heavy atom. The van der Waals surface area contributed by atoms with E-state index in [0.717, 1.165) is 58.4 Å². The Kier molecular flexibility index (Phi) is 12.5. The number of nitrogens with zero attached hydrogens (tertiary/aromatic N) is 11. The van der Waals surface area contributed by atoms with Gasteiger partial charge in [-0.15, -0.1) is 0 Å². The fraction of sp³-hybridized carbons (Fsp3) is 0.523. The molecule has 1 aliphatic carbocycles. The van der Waals surface area contributed by atoms with Crippen LogP contribution in [0.15, 0.2) is 47.7 Å². The highest BCUT2D eigenvalue weighted by atomic mass is 19.3. The molecule has 0 bridgehead atoms. The van der Waals surface area contributed by atoms with E-state index < -0.39 is 42.4 Å². The number of aromatic nitrogens is 7. The second-order valence-electron chi connectivity index (χ2n) is 17.5. The molecule has 344 valence electrons. The first-order valence-electron chi connectivity index (χ1n) is 22.1. The summed E-state index contributed by atoms with van der Waals surface area (Å²) in [4.78, 5) is 63.9. The fourth-order valence-corrected chi connectivity index (χ4v) is 9.72. The van der Waals surface area contributed by atoms with E-state index in [-0.39, 0.29) is 53.9 Å². The number of carbonyl (C=O) groups is 3. The molecule has 1 saturated carbocycles. The van der Waals surface area contributed by atoms with Crippen molar-refractivity contribution in [1.82, 2.24) is 53.5 Å². The number of imide groups is 1. The van der Waals surface area contributed by atoms with Gasteiger partial charge in [0, 0.05) is 78.2 Å². The van der Waals surface area contributed by atoms with Gasteiger partial charge in [-0.2, -0.15) is 10.2 Å². The van der Waals surface area contributed by atoms with E-state index >= 15 is 0 Å². The summed E-state index contributed by atoms with van der Waals surface area (Å²) in [7, 11) is 3.32. The highest BCUT2D eigenvalue weighted by molar-refractivity contribution is 6.08. The third kappa shape index (κ3) is 8.98. The number of likely N-dealkylation sites (N-methyl/N-ethyl adjacent to an activating group) is 1. The Bertz CT molecular complexity index is 2720. The molecule has 3 aliphatic heterocycles. The summed E-state index contributed by atoms with van der Waals surface area (Å²) >= 11 is 0. The minimum absolute atomic E-state index is 0.0528. The summed E-state index contributed by atoms with van der Waals surface area (Å²) in [5.41, 5.74) is 1.23. The number of anilines is 2. The van der Waals surface area contributed by atoms with Crippen molar-refractivity contribution < 1.29 is 31.9 Å². The Hall–Kier alpha value is -6.11. The van der Waals surface area contributed by atoms with Gasteiger partial charge >= 0.3 is 5.69 Å². The van der Waals surface area contributed by atoms with Crippen LogP contribution < -0.4 is 21.2 Å². The molecule has 65 heavy (non-hydrogen) atoms. The minimum Gasteiger partial charge on any atom is -0.353 e. The number of imidazole rings is 1. The smallest absolute Gasteiger partial charge is 0.329 e. The van der Waals surface area contributed by atoms with Crippen LogP contribution in [0.3, 0.4) is 0 Å². The summed E-state index contributed by atoms with van der Waals surface area (Å²) in [6.07, 6.45) is 2.66. The number of rotatable bonds is 10. The van der Waals surface area contributed by atoms with E-state index in [4.69, 9.17) is 0 Å². The molecule has 3 saturated heterocycles. The molecule has 7 heterocycles. The lowest BCUT2D eigenvalue weighted by molar-refractivity contribution is -0.135. The standard InChI is InChI=1S/C44H51F4N13O4/c1-54-17-22-58(26-34(54)39(45)46)35-14-16-59-41(51-35)30(23-49-59)42(63)50-31-25-60(53-37(31)40(47)48)29-10-8-27(9-11-29)24-57-20-18-56(19-21-57)15-4-6-28-5-3-7-32-38(28)55(2)44(65)61(32)33-12-13-36(62)52-43(33)64/h3,5,7,14,16,23,25,27,29,33-34,39-40H,8-13,15,17-22,24,26H2,1-2H3,(H,50,63)(H,52,62,64). The van der Waals surface area contributed by atoms with E-state index in [9.17, 15) is 36.7 Å². The highest BCUT2D eigenvalue weighted by Crippen LogP contribution is 2.36. The molecule has 2 N–H and O–H groups in total. The third-order valence-electron chi connectivity index (χ3n) is 13.4. The lowest BCUT2D eigenvalue weighted by Gasteiger charge is -2.39. The van der Waals surface area contributed by atoms with Crippen molar-refractivity contribution in [2.45, 2.75) is 69.5 Å². The number of aryl methyl sites for hydroxylation is 1. The first kappa shape index (κ1) is 44.1. The van der Waals surface area contributed by atoms with Gasteiger partial charge in [0.15, 0.2) is 11.3 Å². The fourth-order valence-electron chi connectivity index (χ4n) is 9.72. The number of hydrogen-bond acceptors (Lipinski definition) is 11. The molecule has 2 unspecified atom stereocenters. The van der Waals surface area contributed by atoms with Crippen LogP contribution in [0.4, 0.5) is 29.1 Å². The SMILES string of the molecule is CN1CCN(c2ccn3ncc(C(=O)Nc4cn(C5CCC(CN6CCN(CC#Cc7cccc8c7n(C)c(=O)n8C7CCC(=O)NC7=O)CC6)CC5)nc4C(F)F)c3n2)CC1C(F)F. The predicted molar refractivity (Wildman–Crippen MR) is 232 cm³/mol. The average Bonchev–Trinajstić information content (AvgIpc) is 3.99. The molecule has 4 aromatic heterocycles. The van der Waals surface area contributed by atoms with Gasteiger partial charge in [0.25, 0.3) is 18.8 Å². The van der Waals surface area contributed by atoms with E-state index in [1.165, 1.54) is 26.0 Å². The quantitative estimate of drug-likeness (QED) is 0.120. The van der Waals surface area contributed by atoms with Gasteiger partial charge in [-0.3, -0.25) is 43.3 Å². The molecule has 3 amide bonds. The van der Waals surface area contributed by atoms with Crippen molar-refractivity contribution >= 4 is 45.9 Å². The van der Waals surface area contributed by atoms with Crippen molar-refractivity contribution in [2.75, 3.05) is 76.2 Å². The summed E-state index contributed by atoms with van der Waals surface area (Å²) in [5, 5.41) is 13.4. The first-order chi connectivity index (χ1) is 31.3. The van der Waals surface area contributed by atoms with Crippen LogP contribution in [0.25, 0.3) is 16.7 Å². The van der Waals surface area contributed by atoms with Gasteiger partial charge < -0.3 is 15.1 Å². The van der Waals surface area contributed by atoms with Gasteiger partial charge in [0.2, 0.25) is 11.8 Å². The van der Waals surface area contributed by atoms with Crippen LogP contribution >= 0.6 is 0 Å². The Morgan fingerprint density at radius 3 is 2.46 bits per heavy atom. The number of alkyl halides is 4. The molecule has 9 rings (SSSR count). The van der Waals surface area contributed by atoms with Crippen LogP contribution in [0.1, 0.15) is 78.6 Å². The van der Waals surface area contributed by atoms with Gasteiger partial charge in [-0.05, 0) is 63.3 Å². The zero-order valence-corrected chi connectivity index (χ0v) is 36.2. The van der Waals surface area contributed by atoms with E-state index in [0.29, 0.717) is 48.0 Å². The number of carbonyl (C=O) groups excluding carboxylic acids is 3. The molecule has 2 atom stereocenters. The number of fused-ring (bicyclic) bond motifs is 2. The molecule has 4 fully saturated rings. The van der Waals surface area contributed by atoms with Crippen molar-refractivity contribution in [1.29, 1.82) is 0 Å². The summed E-state index contributed by atoms with van der Waals surface area (Å²) in [5.74, 6) is 5.90. The Balaban J connectivity index is 0.770. The number of amides is 3. The van der Waals surface area contributed by atoms with Gasteiger partial charge in [-0.25, -0.2) is 31.9 Å². The second kappa shape index (κ2) is 18.4. The van der Waals surface area contributed by atoms with E-state index in [2.05, 4.69) is 47.5 Å². The van der Waals surface area contributed by atoms with Crippen LogP contribution in [0.2, 0.25) is 0 Å². The molecule has 5 aromatic rings. The molecule has 4 aliphatic rings. The zero-order chi connectivity index (χ0) is 45.5. The van der Waals surface area contributed by atoms with Crippen LogP contribution in [0.5, 0.6) is 0 Å². The Morgan fingerprint density at radius 1 is 0.954 bits per heavy atom. The highest BCUT2D eigenvalue weighted by Gasteiger charge is 2.34. The van der Waals surface area contributed by atoms with Crippen molar-refractivity contribution in [2.24, 2.45) is 13.0 Å². The largest absolute Gasteiger partial charge is 0.353 e. The van der Waals surface area contributed by atoms with Gasteiger partial charge in [-0.1, -0.05) is 17.9 Å². The summed E-state index contributed by atoms with van der Waals surface area (Å²) < 4.78 is 61.9. The molecule has 17 nitrogen and oxygen atoms in total. The lowest BCUT2D eigenvalue weighted by atomic mass is 9.85. The van der Waals surface area contributed by atoms with Crippen LogP contribution in [-0.4, -0.2) is 144 Å². The Labute approximate surface area is 371 Å². The number of hydrogen-bond donors (Lipinski definition) is 2. The first-order valence-corrected chi connectivity index (χ1v) is 22.1. The predicted octanol–water partition coefficient (Wildman–Crippen LogP) is 3.53. The number of benzene rings is 1. The number of halogens is 4. The third-order valence-corrected chi connectivity index (χ3v) is 13.4. The van der Waals surface area contributed by atoms with Crippen LogP contribution in [0, 0.1) is 17.8 Å². The molecule has 0 spiro atoms. The van der Waals surface area contributed by atoms with Gasteiger partial charge in [0.1, 0.15) is 17.4 Å². The maximum Gasteiger partial charge on any atom is 0.329 e. The minimum atomic E-state index is -2.93.